The molecule has 2 heterocycles. The van der Waals surface area contributed by atoms with Crippen LogP contribution in [0.3, 0.4) is 0 Å². The Morgan fingerprint density at radius 2 is 0.805 bits per heavy atom. The molecule has 0 aliphatic carbocycles. The zero-order valence-electron chi connectivity index (χ0n) is 21.8. The molecular weight excluding hydrogens is 585 g/mol. The number of carbonyl (C=O) groups excluding carboxylic acids is 3. The summed E-state index contributed by atoms with van der Waals surface area (Å²) in [6.45, 7) is 2.92. The molecule has 0 spiro atoms. The summed E-state index contributed by atoms with van der Waals surface area (Å²) < 4.78 is 27.3. The number of hydrogen-bond acceptors (Lipinski definition) is 10. The molecule has 4 rings (SSSR count). The monoisotopic (exact) mass is 608 g/mol. The van der Waals surface area contributed by atoms with Gasteiger partial charge in [-0.2, -0.15) is 0 Å². The summed E-state index contributed by atoms with van der Waals surface area (Å²) in [5.41, 5.74) is 2.27. The van der Waals surface area contributed by atoms with Crippen molar-refractivity contribution in [2.24, 2.45) is 0 Å². The third kappa shape index (κ3) is 12.7. The van der Waals surface area contributed by atoms with Crippen molar-refractivity contribution in [2.45, 2.75) is 20.8 Å². The van der Waals surface area contributed by atoms with Crippen LogP contribution in [0.1, 0.15) is 20.8 Å². The third-order valence-electron chi connectivity index (χ3n) is 4.29. The second-order valence-electron chi connectivity index (χ2n) is 7.56. The van der Waals surface area contributed by atoms with Gasteiger partial charge in [-0.3, -0.25) is 0 Å². The molecule has 0 aliphatic heterocycles. The van der Waals surface area contributed by atoms with Crippen LogP contribution in [0.5, 0.6) is 11.5 Å². The maximum Gasteiger partial charge on any atom is 3.00 e. The maximum absolute atomic E-state index is 13.7. The average Bonchev–Trinajstić information content (AvgIpc) is 2.86. The maximum atomic E-state index is 13.7. The fourth-order valence-electron chi connectivity index (χ4n) is 2.90. The summed E-state index contributed by atoms with van der Waals surface area (Å²) in [5, 5.41) is 46.6. The number of para-hydroxylation sites is 2. The van der Waals surface area contributed by atoms with Crippen LogP contribution in [0, 0.1) is 11.6 Å². The molecule has 13 heteroatoms. The molecule has 10 nitrogen and oxygen atoms in total. The van der Waals surface area contributed by atoms with Crippen molar-refractivity contribution >= 4 is 17.9 Å². The third-order valence-corrected chi connectivity index (χ3v) is 4.29. The van der Waals surface area contributed by atoms with Crippen molar-refractivity contribution < 1.29 is 65.8 Å². The summed E-state index contributed by atoms with van der Waals surface area (Å²) >= 11 is 0. The Kier molecular flexibility index (Phi) is 15.6. The SMILES string of the molecule is CC(=O)[O-].CC(=O)[O-].CC(=O)[O-].Oc1c(F)cccc1-c1cccc(-c2cccc(-c3cccc(F)c3O)n2)n1.[Mn+3]. The number of aromatic nitrogens is 2. The Morgan fingerprint density at radius 3 is 1.10 bits per heavy atom. The zero-order valence-corrected chi connectivity index (χ0v) is 23.0. The molecule has 4 aromatic rings. The molecule has 0 saturated carbocycles. The van der Waals surface area contributed by atoms with Crippen LogP contribution in [0.4, 0.5) is 8.78 Å². The van der Waals surface area contributed by atoms with Crippen molar-refractivity contribution in [3.8, 4) is 45.4 Å². The summed E-state index contributed by atoms with van der Waals surface area (Å²) in [6, 6.07) is 18.6. The Morgan fingerprint density at radius 1 is 0.561 bits per heavy atom. The largest absolute Gasteiger partial charge is 3.00 e. The summed E-state index contributed by atoms with van der Waals surface area (Å²) in [4.78, 5) is 35.6. The topological polar surface area (TPSA) is 187 Å². The van der Waals surface area contributed by atoms with Gasteiger partial charge < -0.3 is 39.9 Å². The van der Waals surface area contributed by atoms with Gasteiger partial charge in [0.15, 0.2) is 23.1 Å². The van der Waals surface area contributed by atoms with Crippen molar-refractivity contribution in [3.63, 3.8) is 0 Å². The normalized spacial score (nSPS) is 9.20. The van der Waals surface area contributed by atoms with Crippen LogP contribution in [0.25, 0.3) is 33.9 Å². The molecule has 2 aromatic carbocycles. The summed E-state index contributed by atoms with van der Waals surface area (Å²) in [7, 11) is 0. The molecule has 0 radical (unpaired) electrons. The van der Waals surface area contributed by atoms with E-state index >= 15 is 0 Å². The first kappa shape index (κ1) is 36.1. The number of aliphatic carboxylic acids is 3. The molecular formula is C28H23F2MnN2O8. The molecule has 0 fully saturated rings. The molecule has 2 aromatic heterocycles. The van der Waals surface area contributed by atoms with Crippen molar-refractivity contribution in [2.75, 3.05) is 0 Å². The number of benzene rings is 2. The fourth-order valence-corrected chi connectivity index (χ4v) is 2.90. The van der Waals surface area contributed by atoms with E-state index in [0.29, 0.717) is 22.8 Å². The van der Waals surface area contributed by atoms with E-state index in [2.05, 4.69) is 9.97 Å². The Balaban J connectivity index is 0.00000105. The van der Waals surface area contributed by atoms with E-state index in [1.807, 2.05) is 0 Å². The molecule has 0 unspecified atom stereocenters. The van der Waals surface area contributed by atoms with Gasteiger partial charge in [0.2, 0.25) is 0 Å². The number of nitrogens with zero attached hydrogens (tertiary/aromatic N) is 2. The number of phenolic OH excluding ortho intramolecular Hbond substituents is 2. The minimum absolute atomic E-state index is 0. The first-order valence-corrected chi connectivity index (χ1v) is 11.2. The van der Waals surface area contributed by atoms with Gasteiger partial charge in [0.25, 0.3) is 0 Å². The van der Waals surface area contributed by atoms with E-state index < -0.39 is 41.0 Å². The molecule has 0 atom stereocenters. The first-order valence-electron chi connectivity index (χ1n) is 11.2. The summed E-state index contributed by atoms with van der Waals surface area (Å²) in [5.74, 6) is -5.66. The van der Waals surface area contributed by atoms with Crippen LogP contribution in [0.15, 0.2) is 72.8 Å². The van der Waals surface area contributed by atoms with E-state index in [4.69, 9.17) is 29.7 Å². The van der Waals surface area contributed by atoms with Gasteiger partial charge in [-0.05, 0) is 69.3 Å². The Labute approximate surface area is 244 Å². The number of carboxylic acids is 3. The number of pyridine rings is 2. The first-order chi connectivity index (χ1) is 18.7. The van der Waals surface area contributed by atoms with Gasteiger partial charge in [-0.25, -0.2) is 18.7 Å². The number of rotatable bonds is 3. The van der Waals surface area contributed by atoms with Crippen LogP contribution >= 0.6 is 0 Å². The smallest absolute Gasteiger partial charge is 0.550 e. The molecule has 0 amide bonds. The Hall–Kier alpha value is -4.87. The predicted molar refractivity (Wildman–Crippen MR) is 134 cm³/mol. The van der Waals surface area contributed by atoms with E-state index in [9.17, 15) is 19.0 Å². The molecule has 0 aliphatic rings. The number of carbonyl (C=O) groups is 3. The Bertz CT molecular complexity index is 1350. The van der Waals surface area contributed by atoms with E-state index in [-0.39, 0.29) is 28.2 Å². The minimum Gasteiger partial charge on any atom is -0.550 e. The van der Waals surface area contributed by atoms with Gasteiger partial charge in [0, 0.05) is 29.0 Å². The molecule has 2 N–H and O–H groups in total. The second kappa shape index (κ2) is 17.7. The number of halogens is 2. The zero-order chi connectivity index (χ0) is 30.4. The fraction of sp³-hybridized carbons (Fsp3) is 0.107. The van der Waals surface area contributed by atoms with Gasteiger partial charge >= 0.3 is 17.1 Å². The van der Waals surface area contributed by atoms with Gasteiger partial charge in [-0.15, -0.1) is 0 Å². The van der Waals surface area contributed by atoms with Crippen LogP contribution < -0.4 is 15.3 Å². The molecule has 0 bridgehead atoms. The molecule has 0 saturated heterocycles. The molecule has 41 heavy (non-hydrogen) atoms. The van der Waals surface area contributed by atoms with Gasteiger partial charge in [0.1, 0.15) is 0 Å². The van der Waals surface area contributed by atoms with Crippen molar-refractivity contribution in [3.05, 3.63) is 84.4 Å². The van der Waals surface area contributed by atoms with Crippen molar-refractivity contribution in [1.82, 2.24) is 9.97 Å². The summed E-state index contributed by atoms with van der Waals surface area (Å²) in [6.07, 6.45) is 0. The number of hydrogen-bond donors (Lipinski definition) is 2. The second-order valence-corrected chi connectivity index (χ2v) is 7.56. The molecule has 214 valence electrons. The predicted octanol–water partition coefficient (Wildman–Crippen LogP) is 1.43. The standard InChI is InChI=1S/C22H14F2N2O2.3C2H4O2.Mn/c23-15-7-1-5-13(21(15)27)17-9-3-11-19(25-17)20-12-4-10-18(26-20)14-6-2-8-16(24)22(14)28;3*1-2(3)4;/h1-12,27-28H;3*1H3,(H,3,4);/q;;;;+3/p-3. The quantitative estimate of drug-likeness (QED) is 0.322. The van der Waals surface area contributed by atoms with E-state index in [1.165, 1.54) is 24.3 Å². The van der Waals surface area contributed by atoms with Crippen LogP contribution in [-0.2, 0) is 31.5 Å². The number of carboxylic acid groups (broad SMARTS) is 3. The van der Waals surface area contributed by atoms with Gasteiger partial charge in [0.05, 0.1) is 22.8 Å². The van der Waals surface area contributed by atoms with E-state index in [1.54, 1.807) is 48.5 Å². The van der Waals surface area contributed by atoms with Crippen LogP contribution in [-0.4, -0.2) is 38.1 Å². The number of aromatic hydroxyl groups is 2. The van der Waals surface area contributed by atoms with Gasteiger partial charge in [-0.1, -0.05) is 24.3 Å². The average molecular weight is 608 g/mol. The minimum atomic E-state index is -1.08. The van der Waals surface area contributed by atoms with Crippen LogP contribution in [0.2, 0.25) is 0 Å². The number of phenols is 2. The van der Waals surface area contributed by atoms with Crippen molar-refractivity contribution in [1.29, 1.82) is 0 Å². The van der Waals surface area contributed by atoms with E-state index in [0.717, 1.165) is 20.8 Å².